The van der Waals surface area contributed by atoms with Crippen LogP contribution >= 0.6 is 22.6 Å². The van der Waals surface area contributed by atoms with Gasteiger partial charge in [-0.05, 0) is 39.8 Å². The van der Waals surface area contributed by atoms with Gasteiger partial charge in [-0.3, -0.25) is 0 Å². The number of nitrogens with zero attached hydrogens (tertiary/aromatic N) is 2. The maximum atomic E-state index is 11.0. The van der Waals surface area contributed by atoms with Crippen LogP contribution in [0.4, 0.5) is 0 Å². The molecular formula is C14H17IN2O2. The SMILES string of the molecule is Cc1cc(C)c(I)[n+]([O-])c1.Cc1cc(C)c[n+]([O-])c1. The van der Waals surface area contributed by atoms with Crippen molar-refractivity contribution in [2.75, 3.05) is 0 Å². The predicted molar refractivity (Wildman–Crippen MR) is 82.5 cm³/mol. The van der Waals surface area contributed by atoms with Crippen molar-refractivity contribution < 1.29 is 9.46 Å². The third-order valence-corrected chi connectivity index (χ3v) is 3.73. The lowest BCUT2D eigenvalue weighted by Crippen LogP contribution is -2.31. The maximum absolute atomic E-state index is 11.0. The molecule has 0 unspecified atom stereocenters. The summed E-state index contributed by atoms with van der Waals surface area (Å²) >= 11 is 2.04. The molecule has 0 N–H and O–H groups in total. The fraction of sp³-hybridized carbons (Fsp3) is 0.286. The lowest BCUT2D eigenvalue weighted by molar-refractivity contribution is -0.619. The molecule has 0 aromatic carbocycles. The smallest absolute Gasteiger partial charge is 0.255 e. The van der Waals surface area contributed by atoms with E-state index in [0.717, 1.165) is 35.4 Å². The Bertz CT molecular complexity index is 512. The van der Waals surface area contributed by atoms with Crippen molar-refractivity contribution in [3.63, 3.8) is 0 Å². The minimum atomic E-state index is 0.753. The molecule has 5 heteroatoms. The fourth-order valence-corrected chi connectivity index (χ4v) is 2.02. The molecule has 4 nitrogen and oxygen atoms in total. The molecule has 0 atom stereocenters. The molecule has 0 aliphatic heterocycles. The standard InChI is InChI=1S/C7H8INO.C7H9NO/c1-5-3-6(2)7(8)9(10)4-5;1-6-3-7(2)5-8(9)4-6/h3-4H,1-2H3;3-5H,1-2H3. The fourth-order valence-electron chi connectivity index (χ4n) is 1.73. The highest BCUT2D eigenvalue weighted by Crippen LogP contribution is 2.06. The van der Waals surface area contributed by atoms with E-state index < -0.39 is 0 Å². The van der Waals surface area contributed by atoms with Gasteiger partial charge >= 0.3 is 0 Å². The first-order valence-corrected chi connectivity index (χ1v) is 6.90. The van der Waals surface area contributed by atoms with Crippen molar-refractivity contribution in [2.24, 2.45) is 0 Å². The molecule has 0 bridgehead atoms. The zero-order valence-corrected chi connectivity index (χ0v) is 13.6. The minimum Gasteiger partial charge on any atom is -0.619 e. The van der Waals surface area contributed by atoms with Crippen molar-refractivity contribution >= 4 is 22.6 Å². The van der Waals surface area contributed by atoms with E-state index in [1.54, 1.807) is 18.6 Å². The van der Waals surface area contributed by atoms with E-state index in [1.165, 1.54) is 0 Å². The maximum Gasteiger partial charge on any atom is 0.255 e. The van der Waals surface area contributed by atoms with Gasteiger partial charge in [-0.15, -0.1) is 0 Å². The minimum absolute atomic E-state index is 0.753. The van der Waals surface area contributed by atoms with Crippen molar-refractivity contribution in [1.29, 1.82) is 0 Å². The summed E-state index contributed by atoms with van der Waals surface area (Å²) in [5.41, 5.74) is 4.05. The van der Waals surface area contributed by atoms with Crippen molar-refractivity contribution in [2.45, 2.75) is 27.7 Å². The second-order valence-electron chi connectivity index (χ2n) is 4.57. The van der Waals surface area contributed by atoms with E-state index >= 15 is 0 Å². The van der Waals surface area contributed by atoms with Crippen LogP contribution in [0.25, 0.3) is 0 Å². The second kappa shape index (κ2) is 6.70. The van der Waals surface area contributed by atoms with Crippen LogP contribution in [0.3, 0.4) is 0 Å². The Morgan fingerprint density at radius 2 is 1.32 bits per heavy atom. The summed E-state index contributed by atoms with van der Waals surface area (Å²) in [5, 5.41) is 21.6. The van der Waals surface area contributed by atoms with Gasteiger partial charge in [-0.1, -0.05) is 0 Å². The van der Waals surface area contributed by atoms with Gasteiger partial charge in [-0.2, -0.15) is 9.46 Å². The largest absolute Gasteiger partial charge is 0.619 e. The molecule has 2 rings (SSSR count). The molecule has 0 spiro atoms. The number of aryl methyl sites for hydroxylation is 4. The van der Waals surface area contributed by atoms with Gasteiger partial charge in [0.2, 0.25) is 0 Å². The highest BCUT2D eigenvalue weighted by Gasteiger charge is 2.04. The van der Waals surface area contributed by atoms with Crippen LogP contribution in [-0.2, 0) is 0 Å². The second-order valence-corrected chi connectivity index (χ2v) is 5.59. The molecule has 19 heavy (non-hydrogen) atoms. The molecule has 0 fully saturated rings. The Balaban J connectivity index is 0.000000191. The van der Waals surface area contributed by atoms with Crippen LogP contribution in [-0.4, -0.2) is 0 Å². The topological polar surface area (TPSA) is 53.9 Å². The van der Waals surface area contributed by atoms with E-state index in [1.807, 2.05) is 62.4 Å². The molecule has 2 heterocycles. The van der Waals surface area contributed by atoms with E-state index in [2.05, 4.69) is 0 Å². The van der Waals surface area contributed by atoms with E-state index in [4.69, 9.17) is 0 Å². The van der Waals surface area contributed by atoms with E-state index in [9.17, 15) is 10.4 Å². The monoisotopic (exact) mass is 372 g/mol. The van der Waals surface area contributed by atoms with Crippen LogP contribution < -0.4 is 9.46 Å². The Labute approximate surface area is 127 Å². The lowest BCUT2D eigenvalue weighted by Gasteiger charge is -2.01. The van der Waals surface area contributed by atoms with Crippen LogP contribution in [0.2, 0.25) is 0 Å². The van der Waals surface area contributed by atoms with Crippen LogP contribution in [0.15, 0.2) is 30.7 Å². The van der Waals surface area contributed by atoms with Gasteiger partial charge in [-0.25, -0.2) is 0 Å². The first-order valence-electron chi connectivity index (χ1n) is 5.82. The summed E-state index contributed by atoms with van der Waals surface area (Å²) in [6, 6.07) is 3.96. The zero-order chi connectivity index (χ0) is 14.6. The summed E-state index contributed by atoms with van der Waals surface area (Å²) in [6.07, 6.45) is 4.68. The number of aromatic nitrogens is 2. The summed E-state index contributed by atoms with van der Waals surface area (Å²) < 4.78 is 2.47. The molecule has 0 amide bonds. The Kier molecular flexibility index (Phi) is 5.53. The van der Waals surface area contributed by atoms with Gasteiger partial charge in [0.1, 0.15) is 0 Å². The first kappa shape index (κ1) is 15.7. The molecule has 0 saturated heterocycles. The predicted octanol–water partition coefficient (Wildman–Crippen LogP) is 2.48. The lowest BCUT2D eigenvalue weighted by atomic mass is 10.2. The van der Waals surface area contributed by atoms with Crippen molar-refractivity contribution in [3.05, 3.63) is 67.1 Å². The molecule has 0 aliphatic rings. The number of hydrogen-bond donors (Lipinski definition) is 0. The van der Waals surface area contributed by atoms with Crippen LogP contribution in [0.1, 0.15) is 22.3 Å². The average molecular weight is 372 g/mol. The summed E-state index contributed by atoms with van der Waals surface area (Å²) in [7, 11) is 0. The normalized spacial score (nSPS) is 9.74. The molecular weight excluding hydrogens is 355 g/mol. The van der Waals surface area contributed by atoms with Crippen LogP contribution in [0, 0.1) is 41.8 Å². The molecule has 0 aliphatic carbocycles. The third-order valence-electron chi connectivity index (χ3n) is 2.40. The van der Waals surface area contributed by atoms with Gasteiger partial charge in [0.05, 0.1) is 0 Å². The van der Waals surface area contributed by atoms with Crippen molar-refractivity contribution in [1.82, 2.24) is 0 Å². The van der Waals surface area contributed by atoms with Gasteiger partial charge < -0.3 is 10.4 Å². The van der Waals surface area contributed by atoms with E-state index in [0.29, 0.717) is 0 Å². The molecule has 2 aromatic heterocycles. The molecule has 2 aromatic rings. The number of halogens is 1. The van der Waals surface area contributed by atoms with Gasteiger partial charge in [0, 0.05) is 44.8 Å². The summed E-state index contributed by atoms with van der Waals surface area (Å²) in [4.78, 5) is 0. The van der Waals surface area contributed by atoms with E-state index in [-0.39, 0.29) is 0 Å². The highest BCUT2D eigenvalue weighted by molar-refractivity contribution is 14.1. The van der Waals surface area contributed by atoms with Crippen molar-refractivity contribution in [3.8, 4) is 0 Å². The van der Waals surface area contributed by atoms with Crippen LogP contribution in [0.5, 0.6) is 0 Å². The Hall–Kier alpha value is -1.37. The Morgan fingerprint density at radius 3 is 1.74 bits per heavy atom. The number of pyridine rings is 2. The first-order chi connectivity index (χ1) is 8.79. The summed E-state index contributed by atoms with van der Waals surface area (Å²) in [5.74, 6) is 0. The summed E-state index contributed by atoms with van der Waals surface area (Å²) in [6.45, 7) is 7.66. The highest BCUT2D eigenvalue weighted by atomic mass is 127. The zero-order valence-electron chi connectivity index (χ0n) is 11.5. The molecule has 0 saturated carbocycles. The average Bonchev–Trinajstić information content (AvgIpc) is 2.24. The van der Waals surface area contributed by atoms with Gasteiger partial charge in [0.15, 0.2) is 18.6 Å². The quantitative estimate of drug-likeness (QED) is 0.309. The number of hydrogen-bond acceptors (Lipinski definition) is 2. The molecule has 0 radical (unpaired) electrons. The Morgan fingerprint density at radius 1 is 0.842 bits per heavy atom. The molecule has 102 valence electrons. The number of rotatable bonds is 0. The van der Waals surface area contributed by atoms with Gasteiger partial charge in [0.25, 0.3) is 3.70 Å². The third kappa shape index (κ3) is 5.02.